The molecule has 2 atom stereocenters. The molecule has 0 amide bonds. The molecule has 2 heterocycles. The number of rotatable bonds is 2. The van der Waals surface area contributed by atoms with E-state index in [0.717, 1.165) is 32.0 Å². The SMILES string of the molecule is O=C(O)c1ccc(N2C[C@@H]3COC[C@H]3C2)cc1. The van der Waals surface area contributed by atoms with E-state index in [1.807, 2.05) is 12.1 Å². The summed E-state index contributed by atoms with van der Waals surface area (Å²) in [6, 6.07) is 7.13. The summed E-state index contributed by atoms with van der Waals surface area (Å²) in [6.45, 7) is 3.79. The largest absolute Gasteiger partial charge is 0.478 e. The molecule has 17 heavy (non-hydrogen) atoms. The van der Waals surface area contributed by atoms with Gasteiger partial charge in [-0.3, -0.25) is 0 Å². The standard InChI is InChI=1S/C13H15NO3/c15-13(16)9-1-3-12(4-2-9)14-5-10-7-17-8-11(10)6-14/h1-4,10-11H,5-8H2,(H,15,16)/t10-,11-/m1/s1. The minimum atomic E-state index is -0.872. The van der Waals surface area contributed by atoms with Crippen LogP contribution in [0.4, 0.5) is 5.69 Å². The van der Waals surface area contributed by atoms with Gasteiger partial charge in [-0.2, -0.15) is 0 Å². The monoisotopic (exact) mass is 233 g/mol. The van der Waals surface area contributed by atoms with Crippen LogP contribution < -0.4 is 4.90 Å². The predicted molar refractivity (Wildman–Crippen MR) is 63.4 cm³/mol. The number of nitrogens with zero attached hydrogens (tertiary/aromatic N) is 1. The van der Waals surface area contributed by atoms with E-state index in [4.69, 9.17) is 9.84 Å². The lowest BCUT2D eigenvalue weighted by atomic mass is 10.0. The van der Waals surface area contributed by atoms with Crippen LogP contribution >= 0.6 is 0 Å². The third kappa shape index (κ3) is 1.89. The van der Waals surface area contributed by atoms with Gasteiger partial charge in [0, 0.05) is 30.6 Å². The lowest BCUT2D eigenvalue weighted by molar-refractivity contribution is 0.0697. The summed E-state index contributed by atoms with van der Waals surface area (Å²) in [5.41, 5.74) is 1.46. The van der Waals surface area contributed by atoms with Gasteiger partial charge in [-0.25, -0.2) is 4.79 Å². The van der Waals surface area contributed by atoms with E-state index < -0.39 is 5.97 Å². The molecule has 0 bridgehead atoms. The molecule has 0 aliphatic carbocycles. The normalized spacial score (nSPS) is 27.2. The smallest absolute Gasteiger partial charge is 0.335 e. The Morgan fingerprint density at radius 3 is 2.29 bits per heavy atom. The molecular weight excluding hydrogens is 218 g/mol. The molecule has 4 heteroatoms. The van der Waals surface area contributed by atoms with Crippen molar-refractivity contribution in [2.45, 2.75) is 0 Å². The number of ether oxygens (including phenoxy) is 1. The third-order valence-electron chi connectivity index (χ3n) is 3.72. The molecule has 4 nitrogen and oxygen atoms in total. The van der Waals surface area contributed by atoms with Gasteiger partial charge in [0.25, 0.3) is 0 Å². The molecule has 1 aromatic carbocycles. The van der Waals surface area contributed by atoms with Crippen LogP contribution in [0, 0.1) is 11.8 Å². The fourth-order valence-corrected chi connectivity index (χ4v) is 2.71. The summed E-state index contributed by atoms with van der Waals surface area (Å²) in [7, 11) is 0. The van der Waals surface area contributed by atoms with Gasteiger partial charge in [-0.15, -0.1) is 0 Å². The number of anilines is 1. The van der Waals surface area contributed by atoms with Crippen molar-refractivity contribution < 1.29 is 14.6 Å². The number of carboxylic acid groups (broad SMARTS) is 1. The maximum atomic E-state index is 10.8. The summed E-state index contributed by atoms with van der Waals surface area (Å²) >= 11 is 0. The second-order valence-electron chi connectivity index (χ2n) is 4.81. The average molecular weight is 233 g/mol. The molecule has 1 aromatic rings. The average Bonchev–Trinajstić information content (AvgIpc) is 2.89. The summed E-state index contributed by atoms with van der Waals surface area (Å²) in [4.78, 5) is 13.1. The Balaban J connectivity index is 1.75. The second-order valence-corrected chi connectivity index (χ2v) is 4.81. The van der Waals surface area contributed by atoms with Gasteiger partial charge in [0.1, 0.15) is 0 Å². The molecule has 0 spiro atoms. The van der Waals surface area contributed by atoms with E-state index in [-0.39, 0.29) is 0 Å². The molecule has 0 radical (unpaired) electrons. The molecule has 0 aromatic heterocycles. The Morgan fingerprint density at radius 2 is 1.76 bits per heavy atom. The summed E-state index contributed by atoms with van der Waals surface area (Å²) in [5, 5.41) is 8.84. The molecule has 0 unspecified atom stereocenters. The van der Waals surface area contributed by atoms with Crippen molar-refractivity contribution in [1.82, 2.24) is 0 Å². The Bertz CT molecular complexity index is 417. The minimum absolute atomic E-state index is 0.344. The molecule has 2 aliphatic rings. The van der Waals surface area contributed by atoms with Gasteiger partial charge in [-0.1, -0.05) is 0 Å². The van der Waals surface area contributed by atoms with Crippen molar-refractivity contribution in [1.29, 1.82) is 0 Å². The van der Waals surface area contributed by atoms with Crippen molar-refractivity contribution in [2.75, 3.05) is 31.2 Å². The van der Waals surface area contributed by atoms with Crippen LogP contribution in [0.2, 0.25) is 0 Å². The highest BCUT2D eigenvalue weighted by atomic mass is 16.5. The zero-order valence-corrected chi connectivity index (χ0v) is 9.50. The van der Waals surface area contributed by atoms with E-state index in [9.17, 15) is 4.79 Å². The molecule has 90 valence electrons. The Labute approximate surface area is 99.8 Å². The van der Waals surface area contributed by atoms with Gasteiger partial charge in [0.15, 0.2) is 0 Å². The van der Waals surface area contributed by atoms with Crippen LogP contribution in [-0.4, -0.2) is 37.4 Å². The fraction of sp³-hybridized carbons (Fsp3) is 0.462. The number of fused-ring (bicyclic) bond motifs is 1. The molecule has 1 N–H and O–H groups in total. The Kier molecular flexibility index (Phi) is 2.52. The van der Waals surface area contributed by atoms with Crippen molar-refractivity contribution >= 4 is 11.7 Å². The van der Waals surface area contributed by atoms with Crippen LogP contribution in [0.3, 0.4) is 0 Å². The number of hydrogen-bond donors (Lipinski definition) is 1. The molecule has 3 rings (SSSR count). The summed E-state index contributed by atoms with van der Waals surface area (Å²) in [5.74, 6) is 0.423. The third-order valence-corrected chi connectivity index (χ3v) is 3.72. The Hall–Kier alpha value is -1.55. The van der Waals surface area contributed by atoms with Gasteiger partial charge in [0.05, 0.1) is 18.8 Å². The zero-order chi connectivity index (χ0) is 11.8. The second kappa shape index (κ2) is 4.04. The molecule has 2 saturated heterocycles. The first-order valence-electron chi connectivity index (χ1n) is 5.90. The van der Waals surface area contributed by atoms with E-state index in [0.29, 0.717) is 17.4 Å². The van der Waals surface area contributed by atoms with Crippen LogP contribution in [-0.2, 0) is 4.74 Å². The first-order chi connectivity index (χ1) is 8.24. The quantitative estimate of drug-likeness (QED) is 0.840. The first kappa shape index (κ1) is 10.6. The van der Waals surface area contributed by atoms with Crippen molar-refractivity contribution in [3.63, 3.8) is 0 Å². The molecule has 0 saturated carbocycles. The van der Waals surface area contributed by atoms with Gasteiger partial charge in [-0.05, 0) is 24.3 Å². The fourth-order valence-electron chi connectivity index (χ4n) is 2.71. The Morgan fingerprint density at radius 1 is 1.18 bits per heavy atom. The first-order valence-corrected chi connectivity index (χ1v) is 5.90. The number of hydrogen-bond acceptors (Lipinski definition) is 3. The van der Waals surface area contributed by atoms with Gasteiger partial charge < -0.3 is 14.7 Å². The molecule has 2 aliphatic heterocycles. The maximum absolute atomic E-state index is 10.8. The highest BCUT2D eigenvalue weighted by molar-refractivity contribution is 5.88. The number of aromatic carboxylic acids is 1. The van der Waals surface area contributed by atoms with Crippen molar-refractivity contribution in [3.05, 3.63) is 29.8 Å². The number of benzene rings is 1. The maximum Gasteiger partial charge on any atom is 0.335 e. The number of carboxylic acids is 1. The molecule has 2 fully saturated rings. The van der Waals surface area contributed by atoms with Crippen molar-refractivity contribution in [2.24, 2.45) is 11.8 Å². The predicted octanol–water partition coefficient (Wildman–Crippen LogP) is 1.47. The van der Waals surface area contributed by atoms with Crippen LogP contribution in [0.25, 0.3) is 0 Å². The zero-order valence-electron chi connectivity index (χ0n) is 9.50. The van der Waals surface area contributed by atoms with Crippen LogP contribution in [0.1, 0.15) is 10.4 Å². The van der Waals surface area contributed by atoms with E-state index >= 15 is 0 Å². The van der Waals surface area contributed by atoms with Gasteiger partial charge in [0.2, 0.25) is 0 Å². The summed E-state index contributed by atoms with van der Waals surface area (Å²) < 4.78 is 5.44. The highest BCUT2D eigenvalue weighted by Gasteiger charge is 2.37. The molecular formula is C13H15NO3. The van der Waals surface area contributed by atoms with Crippen molar-refractivity contribution in [3.8, 4) is 0 Å². The van der Waals surface area contributed by atoms with E-state index in [1.54, 1.807) is 12.1 Å². The van der Waals surface area contributed by atoms with Crippen LogP contribution in [0.5, 0.6) is 0 Å². The lowest BCUT2D eigenvalue weighted by Gasteiger charge is -2.19. The lowest BCUT2D eigenvalue weighted by Crippen LogP contribution is -2.22. The van der Waals surface area contributed by atoms with Gasteiger partial charge >= 0.3 is 5.97 Å². The topological polar surface area (TPSA) is 49.8 Å². The minimum Gasteiger partial charge on any atom is -0.478 e. The van der Waals surface area contributed by atoms with E-state index in [1.165, 1.54) is 0 Å². The summed E-state index contributed by atoms with van der Waals surface area (Å²) in [6.07, 6.45) is 0. The van der Waals surface area contributed by atoms with E-state index in [2.05, 4.69) is 4.90 Å². The number of carbonyl (C=O) groups is 1. The highest BCUT2D eigenvalue weighted by Crippen LogP contribution is 2.32. The van der Waals surface area contributed by atoms with Crippen LogP contribution in [0.15, 0.2) is 24.3 Å².